The van der Waals surface area contributed by atoms with Crippen molar-refractivity contribution in [2.24, 2.45) is 0 Å². The SMILES string of the molecule is Cl.O=C(NCc1ccccc1COc1ccccc1Cl)C1CCCN1. The Morgan fingerprint density at radius 2 is 1.88 bits per heavy atom. The molecule has 1 saturated heterocycles. The zero-order chi connectivity index (χ0) is 16.8. The molecule has 25 heavy (non-hydrogen) atoms. The Labute approximate surface area is 159 Å². The Hall–Kier alpha value is -1.75. The van der Waals surface area contributed by atoms with Crippen molar-refractivity contribution in [2.75, 3.05) is 6.54 Å². The fourth-order valence-electron chi connectivity index (χ4n) is 2.80. The molecule has 1 aliphatic rings. The maximum atomic E-state index is 12.1. The van der Waals surface area contributed by atoms with Crippen LogP contribution in [-0.2, 0) is 17.9 Å². The van der Waals surface area contributed by atoms with Crippen LogP contribution in [0.2, 0.25) is 5.02 Å². The smallest absolute Gasteiger partial charge is 0.237 e. The molecule has 0 aliphatic carbocycles. The molecule has 2 aromatic rings. The van der Waals surface area contributed by atoms with Crippen molar-refractivity contribution < 1.29 is 9.53 Å². The lowest BCUT2D eigenvalue weighted by Crippen LogP contribution is -2.40. The second kappa shape index (κ2) is 9.66. The van der Waals surface area contributed by atoms with Crippen molar-refractivity contribution in [3.05, 3.63) is 64.7 Å². The summed E-state index contributed by atoms with van der Waals surface area (Å²) in [5.41, 5.74) is 2.09. The van der Waals surface area contributed by atoms with Crippen LogP contribution in [0.5, 0.6) is 5.75 Å². The van der Waals surface area contributed by atoms with Gasteiger partial charge in [0.1, 0.15) is 12.4 Å². The summed E-state index contributed by atoms with van der Waals surface area (Å²) in [4.78, 5) is 12.1. The number of halogens is 2. The standard InChI is InChI=1S/C19H21ClN2O2.ClH/c20-16-8-3-4-10-18(16)24-13-15-7-2-1-6-14(15)12-22-19(23)17-9-5-11-21-17;/h1-4,6-8,10,17,21H,5,9,11-13H2,(H,22,23);1H. The molecular weight excluding hydrogens is 359 g/mol. The van der Waals surface area contributed by atoms with Crippen LogP contribution in [0.1, 0.15) is 24.0 Å². The van der Waals surface area contributed by atoms with Crippen molar-refractivity contribution in [2.45, 2.75) is 32.0 Å². The average Bonchev–Trinajstić information content (AvgIpc) is 3.14. The van der Waals surface area contributed by atoms with E-state index in [1.807, 2.05) is 42.5 Å². The minimum atomic E-state index is -0.0588. The molecule has 0 saturated carbocycles. The van der Waals surface area contributed by atoms with Gasteiger partial charge in [-0.15, -0.1) is 12.4 Å². The van der Waals surface area contributed by atoms with E-state index < -0.39 is 0 Å². The van der Waals surface area contributed by atoms with Crippen LogP contribution >= 0.6 is 24.0 Å². The van der Waals surface area contributed by atoms with E-state index in [-0.39, 0.29) is 24.4 Å². The van der Waals surface area contributed by atoms with Crippen LogP contribution < -0.4 is 15.4 Å². The van der Waals surface area contributed by atoms with E-state index in [4.69, 9.17) is 16.3 Å². The highest BCUT2D eigenvalue weighted by Gasteiger charge is 2.21. The van der Waals surface area contributed by atoms with Crippen LogP contribution in [0.4, 0.5) is 0 Å². The predicted octanol–water partition coefficient (Wildman–Crippen LogP) is 3.71. The maximum Gasteiger partial charge on any atom is 0.237 e. The van der Waals surface area contributed by atoms with Gasteiger partial charge in [0.05, 0.1) is 11.1 Å². The summed E-state index contributed by atoms with van der Waals surface area (Å²) in [6, 6.07) is 15.3. The number of hydrogen-bond acceptors (Lipinski definition) is 3. The fourth-order valence-corrected chi connectivity index (χ4v) is 2.99. The molecule has 1 amide bonds. The molecule has 1 heterocycles. The van der Waals surface area contributed by atoms with Gasteiger partial charge in [-0.25, -0.2) is 0 Å². The number of para-hydroxylation sites is 1. The molecule has 0 spiro atoms. The van der Waals surface area contributed by atoms with Gasteiger partial charge in [-0.05, 0) is 42.6 Å². The topological polar surface area (TPSA) is 50.4 Å². The molecule has 0 aromatic heterocycles. The normalized spacial score (nSPS) is 16.1. The number of rotatable bonds is 6. The molecular formula is C19H22Cl2N2O2. The highest BCUT2D eigenvalue weighted by atomic mass is 35.5. The van der Waals surface area contributed by atoms with Gasteiger partial charge in [0.15, 0.2) is 0 Å². The number of hydrogen-bond donors (Lipinski definition) is 2. The molecule has 2 aromatic carbocycles. The van der Waals surface area contributed by atoms with Gasteiger partial charge in [0, 0.05) is 6.54 Å². The van der Waals surface area contributed by atoms with Gasteiger partial charge in [0.2, 0.25) is 5.91 Å². The Morgan fingerprint density at radius 1 is 1.16 bits per heavy atom. The third-order valence-electron chi connectivity index (χ3n) is 4.17. The van der Waals surface area contributed by atoms with E-state index in [1.165, 1.54) is 0 Å². The number of ether oxygens (including phenoxy) is 1. The molecule has 1 aliphatic heterocycles. The van der Waals surface area contributed by atoms with Crippen LogP contribution in [0.25, 0.3) is 0 Å². The van der Waals surface area contributed by atoms with E-state index >= 15 is 0 Å². The highest BCUT2D eigenvalue weighted by Crippen LogP contribution is 2.24. The van der Waals surface area contributed by atoms with Crippen LogP contribution in [0.15, 0.2) is 48.5 Å². The molecule has 1 unspecified atom stereocenters. The van der Waals surface area contributed by atoms with Gasteiger partial charge < -0.3 is 15.4 Å². The summed E-state index contributed by atoms with van der Waals surface area (Å²) >= 11 is 6.12. The third kappa shape index (κ3) is 5.36. The molecule has 0 bridgehead atoms. The molecule has 2 N–H and O–H groups in total. The lowest BCUT2D eigenvalue weighted by atomic mass is 10.1. The van der Waals surface area contributed by atoms with Crippen LogP contribution in [0.3, 0.4) is 0 Å². The summed E-state index contributed by atoms with van der Waals surface area (Å²) in [5, 5.41) is 6.81. The van der Waals surface area contributed by atoms with Crippen molar-refractivity contribution in [3.8, 4) is 5.75 Å². The van der Waals surface area contributed by atoms with Gasteiger partial charge in [-0.2, -0.15) is 0 Å². The first-order valence-corrected chi connectivity index (χ1v) is 8.57. The second-order valence-corrected chi connectivity index (χ2v) is 6.26. The van der Waals surface area contributed by atoms with E-state index in [0.29, 0.717) is 23.9 Å². The van der Waals surface area contributed by atoms with Crippen LogP contribution in [-0.4, -0.2) is 18.5 Å². The van der Waals surface area contributed by atoms with Crippen molar-refractivity contribution >= 4 is 29.9 Å². The fraction of sp³-hybridized carbons (Fsp3) is 0.316. The Balaban J connectivity index is 0.00000225. The highest BCUT2D eigenvalue weighted by molar-refractivity contribution is 6.32. The Kier molecular flexibility index (Phi) is 7.56. The molecule has 1 fully saturated rings. The first-order valence-electron chi connectivity index (χ1n) is 8.19. The van der Waals surface area contributed by atoms with E-state index in [0.717, 1.165) is 30.5 Å². The van der Waals surface area contributed by atoms with Crippen LogP contribution in [0, 0.1) is 0 Å². The minimum Gasteiger partial charge on any atom is -0.487 e. The Bertz CT molecular complexity index is 703. The summed E-state index contributed by atoms with van der Waals surface area (Å²) in [6.45, 7) is 1.83. The zero-order valence-electron chi connectivity index (χ0n) is 13.8. The largest absolute Gasteiger partial charge is 0.487 e. The van der Waals surface area contributed by atoms with Gasteiger partial charge in [0.25, 0.3) is 0 Å². The van der Waals surface area contributed by atoms with E-state index in [2.05, 4.69) is 10.6 Å². The number of carbonyl (C=O) groups excluding carboxylic acids is 1. The lowest BCUT2D eigenvalue weighted by molar-refractivity contribution is -0.122. The third-order valence-corrected chi connectivity index (χ3v) is 4.48. The summed E-state index contributed by atoms with van der Waals surface area (Å²) in [7, 11) is 0. The van der Waals surface area contributed by atoms with E-state index in [1.54, 1.807) is 6.07 Å². The molecule has 0 radical (unpaired) electrons. The first-order chi connectivity index (χ1) is 11.7. The first kappa shape index (κ1) is 19.6. The number of benzene rings is 2. The molecule has 3 rings (SSSR count). The summed E-state index contributed by atoms with van der Waals surface area (Å²) < 4.78 is 5.81. The van der Waals surface area contributed by atoms with Gasteiger partial charge in [-0.3, -0.25) is 4.79 Å². The van der Waals surface area contributed by atoms with Crippen molar-refractivity contribution in [1.29, 1.82) is 0 Å². The maximum absolute atomic E-state index is 12.1. The summed E-state index contributed by atoms with van der Waals surface area (Å²) in [5.74, 6) is 0.725. The van der Waals surface area contributed by atoms with Crippen molar-refractivity contribution in [1.82, 2.24) is 10.6 Å². The number of carbonyl (C=O) groups is 1. The van der Waals surface area contributed by atoms with E-state index in [9.17, 15) is 4.79 Å². The monoisotopic (exact) mass is 380 g/mol. The molecule has 134 valence electrons. The lowest BCUT2D eigenvalue weighted by Gasteiger charge is -2.14. The number of amides is 1. The Morgan fingerprint density at radius 3 is 2.60 bits per heavy atom. The van der Waals surface area contributed by atoms with Crippen molar-refractivity contribution in [3.63, 3.8) is 0 Å². The average molecular weight is 381 g/mol. The van der Waals surface area contributed by atoms with Gasteiger partial charge in [-0.1, -0.05) is 48.0 Å². The number of nitrogens with one attached hydrogen (secondary N) is 2. The molecule has 4 nitrogen and oxygen atoms in total. The summed E-state index contributed by atoms with van der Waals surface area (Å²) in [6.07, 6.45) is 1.96. The predicted molar refractivity (Wildman–Crippen MR) is 102 cm³/mol. The molecule has 6 heteroatoms. The second-order valence-electron chi connectivity index (χ2n) is 5.85. The van der Waals surface area contributed by atoms with Gasteiger partial charge >= 0.3 is 0 Å². The quantitative estimate of drug-likeness (QED) is 0.802. The molecule has 1 atom stereocenters. The minimum absolute atomic E-state index is 0. The zero-order valence-corrected chi connectivity index (χ0v) is 15.4.